The van der Waals surface area contributed by atoms with Crippen LogP contribution in [-0.2, 0) is 13.0 Å². The topological polar surface area (TPSA) is 63.9 Å². The summed E-state index contributed by atoms with van der Waals surface area (Å²) in [6.45, 7) is 1.39. The zero-order valence-corrected chi connectivity index (χ0v) is 11.1. The van der Waals surface area contributed by atoms with Crippen LogP contribution in [0.5, 0.6) is 0 Å². The fourth-order valence-corrected chi connectivity index (χ4v) is 2.51. The van der Waals surface area contributed by atoms with Crippen LogP contribution in [0.4, 0.5) is 5.69 Å². The van der Waals surface area contributed by atoms with E-state index < -0.39 is 0 Å². The Balaban J connectivity index is 1.71. The maximum absolute atomic E-state index is 11.5. The molecule has 3 rings (SSSR count). The summed E-state index contributed by atoms with van der Waals surface area (Å²) >= 11 is 5.40. The van der Waals surface area contributed by atoms with Gasteiger partial charge in [0, 0.05) is 17.8 Å². The summed E-state index contributed by atoms with van der Waals surface area (Å²) in [7, 11) is 0. The average Bonchev–Trinajstić information content (AvgIpc) is 2.81. The Morgan fingerprint density at radius 1 is 1.26 bits per heavy atom. The molecule has 98 valence electrons. The predicted octanol–water partition coefficient (Wildman–Crippen LogP) is 1.46. The minimum Gasteiger partial charge on any atom is -0.343 e. The van der Waals surface area contributed by atoms with Crippen LogP contribution in [0.2, 0.25) is 0 Å². The Hall–Kier alpha value is -2.08. The molecule has 0 saturated heterocycles. The van der Waals surface area contributed by atoms with Crippen molar-refractivity contribution in [2.24, 2.45) is 0 Å². The van der Waals surface area contributed by atoms with Gasteiger partial charge in [0.05, 0.1) is 12.2 Å². The van der Waals surface area contributed by atoms with Gasteiger partial charge in [-0.15, -0.1) is 0 Å². The Kier molecular flexibility index (Phi) is 3.08. The van der Waals surface area contributed by atoms with E-state index in [1.807, 2.05) is 30.3 Å². The number of anilines is 1. The van der Waals surface area contributed by atoms with Crippen molar-refractivity contribution in [2.45, 2.75) is 13.0 Å². The second kappa shape index (κ2) is 4.89. The van der Waals surface area contributed by atoms with Crippen molar-refractivity contribution in [3.8, 4) is 0 Å². The second-order valence-electron chi connectivity index (χ2n) is 4.50. The van der Waals surface area contributed by atoms with E-state index in [4.69, 9.17) is 12.2 Å². The van der Waals surface area contributed by atoms with E-state index >= 15 is 0 Å². The minimum atomic E-state index is -0.0170. The number of nitrogens with zero attached hydrogens (tertiary/aromatic N) is 1. The molecule has 2 aromatic rings. The molecule has 0 bridgehead atoms. The molecule has 1 aliphatic rings. The van der Waals surface area contributed by atoms with Gasteiger partial charge >= 0.3 is 0 Å². The number of hydrogen-bond donors (Lipinski definition) is 3. The van der Waals surface area contributed by atoms with Crippen molar-refractivity contribution in [1.82, 2.24) is 15.1 Å². The van der Waals surface area contributed by atoms with Crippen LogP contribution in [0.15, 0.2) is 35.1 Å². The normalized spacial score (nSPS) is 14.0. The number of rotatable bonds is 1. The Morgan fingerprint density at radius 2 is 2.05 bits per heavy atom. The molecular formula is C13H14N4OS. The van der Waals surface area contributed by atoms with E-state index in [1.165, 1.54) is 0 Å². The third-order valence-corrected chi connectivity index (χ3v) is 3.62. The summed E-state index contributed by atoms with van der Waals surface area (Å²) in [5.74, 6) is 0. The lowest BCUT2D eigenvalue weighted by atomic mass is 10.1. The van der Waals surface area contributed by atoms with E-state index in [0.29, 0.717) is 18.1 Å². The second-order valence-corrected chi connectivity index (χ2v) is 4.89. The zero-order chi connectivity index (χ0) is 13.2. The van der Waals surface area contributed by atoms with Crippen molar-refractivity contribution in [3.63, 3.8) is 0 Å². The molecule has 0 atom stereocenters. The molecule has 0 amide bonds. The molecular weight excluding hydrogens is 260 g/mol. The number of hydrogen-bond acceptors (Lipinski definition) is 2. The third kappa shape index (κ3) is 2.39. The van der Waals surface area contributed by atoms with Crippen LogP contribution in [0.1, 0.15) is 11.3 Å². The van der Waals surface area contributed by atoms with Gasteiger partial charge in [-0.05, 0) is 30.8 Å². The maximum atomic E-state index is 11.5. The first-order valence-electron chi connectivity index (χ1n) is 6.13. The first kappa shape index (κ1) is 12.0. The summed E-state index contributed by atoms with van der Waals surface area (Å²) in [6, 6.07) is 9.83. The number of benzene rings is 1. The standard InChI is InChI=1S/C13H14N4OS/c18-12-10-6-7-17(8-11(10)15-16-12)13(19)14-9-4-2-1-3-5-9/h1-5H,6-8H2,(H,14,19)(H2,15,16,18). The highest BCUT2D eigenvalue weighted by atomic mass is 32.1. The molecule has 0 saturated carbocycles. The molecule has 1 aromatic heterocycles. The summed E-state index contributed by atoms with van der Waals surface area (Å²) < 4.78 is 0. The summed E-state index contributed by atoms with van der Waals surface area (Å²) in [5.41, 5.74) is 2.73. The fourth-order valence-electron chi connectivity index (χ4n) is 2.23. The van der Waals surface area contributed by atoms with Crippen molar-refractivity contribution in [3.05, 3.63) is 51.9 Å². The van der Waals surface area contributed by atoms with E-state index in [0.717, 1.165) is 23.5 Å². The van der Waals surface area contributed by atoms with E-state index in [1.54, 1.807) is 0 Å². The monoisotopic (exact) mass is 274 g/mol. The van der Waals surface area contributed by atoms with Crippen LogP contribution in [0, 0.1) is 0 Å². The highest BCUT2D eigenvalue weighted by molar-refractivity contribution is 7.80. The zero-order valence-electron chi connectivity index (χ0n) is 10.3. The number of para-hydroxylation sites is 1. The molecule has 6 heteroatoms. The van der Waals surface area contributed by atoms with Gasteiger partial charge < -0.3 is 15.3 Å². The first-order valence-corrected chi connectivity index (χ1v) is 6.54. The van der Waals surface area contributed by atoms with E-state index in [9.17, 15) is 4.79 Å². The lowest BCUT2D eigenvalue weighted by Gasteiger charge is -2.28. The number of H-pyrrole nitrogens is 2. The molecule has 0 fully saturated rings. The molecule has 5 nitrogen and oxygen atoms in total. The van der Waals surface area contributed by atoms with Crippen LogP contribution in [0.25, 0.3) is 0 Å². The molecule has 0 spiro atoms. The molecule has 1 aliphatic heterocycles. The lowest BCUT2D eigenvalue weighted by molar-refractivity contribution is 0.394. The number of fused-ring (bicyclic) bond motifs is 1. The SMILES string of the molecule is O=c1[nH][nH]c2c1CCN(C(=S)Nc1ccccc1)C2. The Labute approximate surface area is 115 Å². The third-order valence-electron chi connectivity index (χ3n) is 3.26. The van der Waals surface area contributed by atoms with Gasteiger partial charge in [0.25, 0.3) is 5.56 Å². The highest BCUT2D eigenvalue weighted by Gasteiger charge is 2.21. The number of thiocarbonyl (C=S) groups is 1. The number of aromatic amines is 2. The largest absolute Gasteiger partial charge is 0.343 e. The molecule has 2 heterocycles. The molecule has 1 aromatic carbocycles. The Morgan fingerprint density at radius 3 is 2.84 bits per heavy atom. The van der Waals surface area contributed by atoms with Crippen LogP contribution >= 0.6 is 12.2 Å². The van der Waals surface area contributed by atoms with Gasteiger partial charge in [0.15, 0.2) is 5.11 Å². The van der Waals surface area contributed by atoms with Crippen molar-refractivity contribution in [1.29, 1.82) is 0 Å². The van der Waals surface area contributed by atoms with Gasteiger partial charge in [-0.1, -0.05) is 18.2 Å². The highest BCUT2D eigenvalue weighted by Crippen LogP contribution is 2.15. The minimum absolute atomic E-state index is 0.0170. The molecule has 0 aliphatic carbocycles. The summed E-state index contributed by atoms with van der Waals surface area (Å²) in [6.07, 6.45) is 0.713. The van der Waals surface area contributed by atoms with Gasteiger partial charge in [-0.2, -0.15) is 0 Å². The lowest BCUT2D eigenvalue weighted by Crippen LogP contribution is -2.39. The number of aromatic nitrogens is 2. The fraction of sp³-hybridized carbons (Fsp3) is 0.231. The van der Waals surface area contributed by atoms with E-state index in [-0.39, 0.29) is 5.56 Å². The van der Waals surface area contributed by atoms with Crippen LogP contribution < -0.4 is 10.9 Å². The average molecular weight is 274 g/mol. The smallest absolute Gasteiger partial charge is 0.267 e. The van der Waals surface area contributed by atoms with Crippen molar-refractivity contribution >= 4 is 23.0 Å². The summed E-state index contributed by atoms with van der Waals surface area (Å²) in [5, 5.41) is 9.41. The quantitative estimate of drug-likeness (QED) is 0.689. The maximum Gasteiger partial charge on any atom is 0.267 e. The number of nitrogens with one attached hydrogen (secondary N) is 3. The van der Waals surface area contributed by atoms with Crippen LogP contribution in [-0.4, -0.2) is 26.8 Å². The molecule has 0 radical (unpaired) electrons. The summed E-state index contributed by atoms with van der Waals surface area (Å²) in [4.78, 5) is 13.5. The van der Waals surface area contributed by atoms with Crippen LogP contribution in [0.3, 0.4) is 0 Å². The Bertz CT molecular complexity index is 646. The van der Waals surface area contributed by atoms with Gasteiger partial charge in [-0.25, -0.2) is 0 Å². The first-order chi connectivity index (χ1) is 9.24. The van der Waals surface area contributed by atoms with Crippen molar-refractivity contribution < 1.29 is 0 Å². The van der Waals surface area contributed by atoms with Gasteiger partial charge in [-0.3, -0.25) is 9.89 Å². The molecule has 3 N–H and O–H groups in total. The molecule has 19 heavy (non-hydrogen) atoms. The van der Waals surface area contributed by atoms with Crippen molar-refractivity contribution in [2.75, 3.05) is 11.9 Å². The van der Waals surface area contributed by atoms with E-state index in [2.05, 4.69) is 20.4 Å². The van der Waals surface area contributed by atoms with Gasteiger partial charge in [0.2, 0.25) is 0 Å². The van der Waals surface area contributed by atoms with Gasteiger partial charge in [0.1, 0.15) is 0 Å². The predicted molar refractivity (Wildman–Crippen MR) is 78.2 cm³/mol. The molecule has 0 unspecified atom stereocenters.